The van der Waals surface area contributed by atoms with Crippen LogP contribution >= 0.6 is 0 Å². The van der Waals surface area contributed by atoms with Crippen LogP contribution in [0.5, 0.6) is 5.75 Å². The quantitative estimate of drug-likeness (QED) is 0.526. The van der Waals surface area contributed by atoms with E-state index in [9.17, 15) is 0 Å². The van der Waals surface area contributed by atoms with Gasteiger partial charge in [0.15, 0.2) is 0 Å². The van der Waals surface area contributed by atoms with Gasteiger partial charge in [-0.1, -0.05) is 86.1 Å². The van der Waals surface area contributed by atoms with E-state index in [0.29, 0.717) is 5.92 Å². The Balaban J connectivity index is 1.55. The summed E-state index contributed by atoms with van der Waals surface area (Å²) >= 11 is 0. The van der Waals surface area contributed by atoms with Crippen molar-refractivity contribution in [2.45, 2.75) is 45.4 Å². The fraction of sp³-hybridized carbons (Fsp3) is 0.269. The molecule has 0 saturated carbocycles. The number of rotatable bonds is 3. The zero-order chi connectivity index (χ0) is 20.0. The molecule has 0 aromatic heterocycles. The van der Waals surface area contributed by atoms with Crippen LogP contribution in [-0.4, -0.2) is 10.7 Å². The van der Waals surface area contributed by atoms with E-state index in [4.69, 9.17) is 9.84 Å². The summed E-state index contributed by atoms with van der Waals surface area (Å²) in [7, 11) is 0. The summed E-state index contributed by atoms with van der Waals surface area (Å²) in [6, 6.07) is 26.0. The van der Waals surface area contributed by atoms with Crippen LogP contribution in [0.3, 0.4) is 0 Å². The third-order valence-electron chi connectivity index (χ3n) is 5.97. The summed E-state index contributed by atoms with van der Waals surface area (Å²) in [5.41, 5.74) is 7.28. The predicted octanol–water partition coefficient (Wildman–Crippen LogP) is 6.36. The standard InChI is InChI=1S/C26H26N2O/c1-17(2)19-12-14-21(15-13-19)26-28-24(22-6-4-5-7-25(22)29-26)16-23(27-28)20-10-8-18(3)9-11-20/h4-15,17,24,26H,16H2,1-3H3/t24-,26+/m0/s1. The molecule has 2 atom stereocenters. The van der Waals surface area contributed by atoms with Crippen LogP contribution in [0.25, 0.3) is 0 Å². The molecule has 3 aromatic carbocycles. The largest absolute Gasteiger partial charge is 0.464 e. The van der Waals surface area contributed by atoms with E-state index in [2.05, 4.69) is 92.5 Å². The maximum Gasteiger partial charge on any atom is 0.213 e. The molecule has 2 heterocycles. The molecular formula is C26H26N2O. The van der Waals surface area contributed by atoms with E-state index >= 15 is 0 Å². The number of hydrogen-bond donors (Lipinski definition) is 0. The highest BCUT2D eigenvalue weighted by molar-refractivity contribution is 6.02. The normalized spacial score (nSPS) is 20.1. The van der Waals surface area contributed by atoms with Crippen molar-refractivity contribution >= 4 is 5.71 Å². The molecule has 0 bridgehead atoms. The Morgan fingerprint density at radius 2 is 1.66 bits per heavy atom. The first-order valence-electron chi connectivity index (χ1n) is 10.4. The van der Waals surface area contributed by atoms with Gasteiger partial charge in [0.05, 0.1) is 11.8 Å². The number of hydrogen-bond acceptors (Lipinski definition) is 3. The maximum atomic E-state index is 6.45. The van der Waals surface area contributed by atoms with Gasteiger partial charge in [0.1, 0.15) is 5.75 Å². The van der Waals surface area contributed by atoms with Crippen molar-refractivity contribution in [3.8, 4) is 5.75 Å². The molecule has 0 spiro atoms. The van der Waals surface area contributed by atoms with Crippen LogP contribution in [0.4, 0.5) is 0 Å². The molecule has 146 valence electrons. The van der Waals surface area contributed by atoms with E-state index in [1.54, 1.807) is 0 Å². The van der Waals surface area contributed by atoms with Gasteiger partial charge in [0.2, 0.25) is 6.23 Å². The van der Waals surface area contributed by atoms with Crippen molar-refractivity contribution in [2.24, 2.45) is 5.10 Å². The summed E-state index contributed by atoms with van der Waals surface area (Å²) in [6.07, 6.45) is 0.684. The van der Waals surface area contributed by atoms with Gasteiger partial charge in [-0.3, -0.25) is 0 Å². The second kappa shape index (κ2) is 7.07. The van der Waals surface area contributed by atoms with Crippen molar-refractivity contribution in [2.75, 3.05) is 0 Å². The summed E-state index contributed by atoms with van der Waals surface area (Å²) < 4.78 is 6.45. The first-order chi connectivity index (χ1) is 14.1. The van der Waals surface area contributed by atoms with E-state index in [1.165, 1.54) is 22.3 Å². The average molecular weight is 383 g/mol. The molecule has 0 radical (unpaired) electrons. The minimum Gasteiger partial charge on any atom is -0.464 e. The number of ether oxygens (including phenoxy) is 1. The molecule has 5 rings (SSSR count). The number of nitrogens with zero attached hydrogens (tertiary/aromatic N) is 2. The van der Waals surface area contributed by atoms with Crippen LogP contribution in [-0.2, 0) is 0 Å². The van der Waals surface area contributed by atoms with Crippen LogP contribution in [0.1, 0.15) is 66.3 Å². The molecule has 0 amide bonds. The molecule has 0 aliphatic carbocycles. The number of hydrazone groups is 1. The number of para-hydroxylation sites is 1. The Morgan fingerprint density at radius 3 is 2.38 bits per heavy atom. The van der Waals surface area contributed by atoms with Gasteiger partial charge in [0.25, 0.3) is 0 Å². The van der Waals surface area contributed by atoms with Gasteiger partial charge in [-0.25, -0.2) is 5.01 Å². The molecule has 0 fully saturated rings. The van der Waals surface area contributed by atoms with Gasteiger partial charge in [-0.2, -0.15) is 5.10 Å². The van der Waals surface area contributed by atoms with Crippen LogP contribution in [0.2, 0.25) is 0 Å². The Kier molecular flexibility index (Phi) is 4.39. The Hall–Kier alpha value is -3.07. The predicted molar refractivity (Wildman–Crippen MR) is 117 cm³/mol. The third kappa shape index (κ3) is 3.21. The molecule has 0 N–H and O–H groups in total. The lowest BCUT2D eigenvalue weighted by molar-refractivity contribution is -0.0190. The van der Waals surface area contributed by atoms with Crippen molar-refractivity contribution in [1.29, 1.82) is 0 Å². The van der Waals surface area contributed by atoms with Gasteiger partial charge in [-0.15, -0.1) is 0 Å². The molecule has 3 nitrogen and oxygen atoms in total. The Labute approximate surface area is 172 Å². The lowest BCUT2D eigenvalue weighted by atomic mass is 9.95. The lowest BCUT2D eigenvalue weighted by Crippen LogP contribution is -2.33. The molecule has 3 aromatic rings. The zero-order valence-electron chi connectivity index (χ0n) is 17.2. The zero-order valence-corrected chi connectivity index (χ0v) is 17.2. The monoisotopic (exact) mass is 382 g/mol. The van der Waals surface area contributed by atoms with E-state index in [-0.39, 0.29) is 12.3 Å². The number of fused-ring (bicyclic) bond motifs is 3. The topological polar surface area (TPSA) is 24.8 Å². The summed E-state index contributed by atoms with van der Waals surface area (Å²) in [5, 5.41) is 7.20. The summed E-state index contributed by atoms with van der Waals surface area (Å²) in [5.74, 6) is 1.48. The van der Waals surface area contributed by atoms with Crippen LogP contribution in [0.15, 0.2) is 77.9 Å². The number of benzene rings is 3. The molecule has 0 unspecified atom stereocenters. The maximum absolute atomic E-state index is 6.45. The van der Waals surface area contributed by atoms with E-state index in [1.807, 2.05) is 6.07 Å². The first-order valence-corrected chi connectivity index (χ1v) is 10.4. The first kappa shape index (κ1) is 18.0. The minimum atomic E-state index is -0.209. The van der Waals surface area contributed by atoms with E-state index < -0.39 is 0 Å². The minimum absolute atomic E-state index is 0.200. The second-order valence-corrected chi connectivity index (χ2v) is 8.34. The van der Waals surface area contributed by atoms with Gasteiger partial charge >= 0.3 is 0 Å². The van der Waals surface area contributed by atoms with Gasteiger partial charge < -0.3 is 4.74 Å². The lowest BCUT2D eigenvalue weighted by Gasteiger charge is -2.38. The SMILES string of the molecule is Cc1ccc(C2=NN3[C@@H](c4ccc(C(C)C)cc4)Oc4ccccc4[C@@H]3C2)cc1. The summed E-state index contributed by atoms with van der Waals surface area (Å²) in [4.78, 5) is 0. The molecule has 0 saturated heterocycles. The average Bonchev–Trinajstić information content (AvgIpc) is 3.19. The summed E-state index contributed by atoms with van der Waals surface area (Å²) in [6.45, 7) is 6.55. The van der Waals surface area contributed by atoms with Crippen molar-refractivity contribution in [3.05, 3.63) is 101 Å². The molecule has 29 heavy (non-hydrogen) atoms. The second-order valence-electron chi connectivity index (χ2n) is 8.34. The molecule has 2 aliphatic heterocycles. The van der Waals surface area contributed by atoms with Crippen molar-refractivity contribution < 1.29 is 4.74 Å². The molecule has 2 aliphatic rings. The van der Waals surface area contributed by atoms with E-state index in [0.717, 1.165) is 23.4 Å². The highest BCUT2D eigenvalue weighted by Gasteiger charge is 2.40. The fourth-order valence-corrected chi connectivity index (χ4v) is 4.22. The van der Waals surface area contributed by atoms with Gasteiger partial charge in [0, 0.05) is 17.5 Å². The highest BCUT2D eigenvalue weighted by atomic mass is 16.5. The van der Waals surface area contributed by atoms with Crippen molar-refractivity contribution in [1.82, 2.24) is 5.01 Å². The Morgan fingerprint density at radius 1 is 0.931 bits per heavy atom. The van der Waals surface area contributed by atoms with Crippen molar-refractivity contribution in [3.63, 3.8) is 0 Å². The highest BCUT2D eigenvalue weighted by Crippen LogP contribution is 2.47. The van der Waals surface area contributed by atoms with Crippen LogP contribution < -0.4 is 4.74 Å². The third-order valence-corrected chi connectivity index (χ3v) is 5.97. The smallest absolute Gasteiger partial charge is 0.213 e. The van der Waals surface area contributed by atoms with Crippen LogP contribution in [0, 0.1) is 6.92 Å². The molecule has 3 heteroatoms. The Bertz CT molecular complexity index is 1050. The molecular weight excluding hydrogens is 356 g/mol. The fourth-order valence-electron chi connectivity index (χ4n) is 4.22. The van der Waals surface area contributed by atoms with Gasteiger partial charge in [-0.05, 0) is 30.0 Å². The number of aryl methyl sites for hydroxylation is 1.